The van der Waals surface area contributed by atoms with Gasteiger partial charge in [-0.25, -0.2) is 0 Å². The second-order valence-electron chi connectivity index (χ2n) is 6.48. The maximum absolute atomic E-state index is 12.4. The van der Waals surface area contributed by atoms with Crippen LogP contribution >= 0.6 is 0 Å². The van der Waals surface area contributed by atoms with Gasteiger partial charge in [0.1, 0.15) is 5.69 Å². The molecule has 122 valence electrons. The smallest absolute Gasteiger partial charge is 0.269 e. The van der Waals surface area contributed by atoms with Crippen LogP contribution in [0.2, 0.25) is 0 Å². The molecule has 1 amide bonds. The van der Waals surface area contributed by atoms with Gasteiger partial charge in [0, 0.05) is 32.7 Å². The number of benzene rings is 1. The molecule has 1 saturated heterocycles. The standard InChI is InChI=1S/C18H24N4O/c1-13-5-4-6-15(9-13)11-22-8-7-16(12-22)19-18(23)17-10-14(2)20-21(17)3/h4-6,9-10,16H,7-8,11-12H2,1-3H3,(H,19,23). The van der Waals surface area contributed by atoms with Crippen molar-refractivity contribution in [2.45, 2.75) is 32.9 Å². The predicted molar refractivity (Wildman–Crippen MR) is 90.3 cm³/mol. The minimum Gasteiger partial charge on any atom is -0.347 e. The minimum absolute atomic E-state index is 0.0319. The second kappa shape index (κ2) is 6.54. The third-order valence-electron chi connectivity index (χ3n) is 4.33. The van der Waals surface area contributed by atoms with Gasteiger partial charge in [0.2, 0.25) is 0 Å². The molecule has 0 bridgehead atoms. The Labute approximate surface area is 137 Å². The molecule has 5 nitrogen and oxygen atoms in total. The number of carbonyl (C=O) groups excluding carboxylic acids is 1. The number of rotatable bonds is 4. The Morgan fingerprint density at radius 2 is 2.17 bits per heavy atom. The number of aryl methyl sites for hydroxylation is 3. The number of carbonyl (C=O) groups is 1. The van der Waals surface area contributed by atoms with Crippen molar-refractivity contribution >= 4 is 5.91 Å². The van der Waals surface area contributed by atoms with Crippen molar-refractivity contribution in [2.24, 2.45) is 7.05 Å². The van der Waals surface area contributed by atoms with E-state index in [-0.39, 0.29) is 11.9 Å². The Balaban J connectivity index is 1.55. The molecule has 1 aromatic heterocycles. The number of hydrogen-bond acceptors (Lipinski definition) is 3. The first-order valence-corrected chi connectivity index (χ1v) is 8.10. The molecule has 2 heterocycles. The molecule has 5 heteroatoms. The normalized spacial score (nSPS) is 18.3. The van der Waals surface area contributed by atoms with Crippen molar-refractivity contribution in [3.8, 4) is 0 Å². The fourth-order valence-corrected chi connectivity index (χ4v) is 3.25. The monoisotopic (exact) mass is 312 g/mol. The molecule has 1 fully saturated rings. The van der Waals surface area contributed by atoms with Crippen LogP contribution in [0.3, 0.4) is 0 Å². The third-order valence-corrected chi connectivity index (χ3v) is 4.33. The van der Waals surface area contributed by atoms with E-state index in [2.05, 4.69) is 46.5 Å². The molecule has 0 spiro atoms. The molecule has 0 radical (unpaired) electrons. The van der Waals surface area contributed by atoms with Crippen LogP contribution in [0.5, 0.6) is 0 Å². The summed E-state index contributed by atoms with van der Waals surface area (Å²) in [5, 5.41) is 7.37. The Bertz CT molecular complexity index is 707. The Hall–Kier alpha value is -2.14. The summed E-state index contributed by atoms with van der Waals surface area (Å²) in [5.41, 5.74) is 4.11. The Morgan fingerprint density at radius 3 is 2.87 bits per heavy atom. The summed E-state index contributed by atoms with van der Waals surface area (Å²) in [6.45, 7) is 6.88. The van der Waals surface area contributed by atoms with Crippen LogP contribution < -0.4 is 5.32 Å². The van der Waals surface area contributed by atoms with Crippen molar-refractivity contribution in [2.75, 3.05) is 13.1 Å². The molecule has 1 atom stereocenters. The van der Waals surface area contributed by atoms with E-state index in [1.165, 1.54) is 11.1 Å². The lowest BCUT2D eigenvalue weighted by molar-refractivity contribution is 0.0928. The third kappa shape index (κ3) is 3.79. The molecule has 2 aromatic rings. The lowest BCUT2D eigenvalue weighted by Gasteiger charge is -2.17. The minimum atomic E-state index is -0.0319. The van der Waals surface area contributed by atoms with E-state index in [1.807, 2.05) is 13.0 Å². The highest BCUT2D eigenvalue weighted by atomic mass is 16.2. The highest BCUT2D eigenvalue weighted by molar-refractivity contribution is 5.92. The maximum Gasteiger partial charge on any atom is 0.269 e. The molecule has 1 N–H and O–H groups in total. The molecule has 1 aromatic carbocycles. The van der Waals surface area contributed by atoms with Gasteiger partial charge < -0.3 is 5.32 Å². The van der Waals surface area contributed by atoms with E-state index in [0.717, 1.165) is 31.7 Å². The van der Waals surface area contributed by atoms with Gasteiger partial charge in [-0.15, -0.1) is 0 Å². The van der Waals surface area contributed by atoms with Crippen molar-refractivity contribution in [1.82, 2.24) is 20.0 Å². The fourth-order valence-electron chi connectivity index (χ4n) is 3.25. The van der Waals surface area contributed by atoms with Gasteiger partial charge in [0.15, 0.2) is 0 Å². The zero-order valence-corrected chi connectivity index (χ0v) is 14.0. The summed E-state index contributed by atoms with van der Waals surface area (Å²) in [7, 11) is 1.81. The summed E-state index contributed by atoms with van der Waals surface area (Å²) < 4.78 is 1.64. The van der Waals surface area contributed by atoms with Crippen molar-refractivity contribution in [1.29, 1.82) is 0 Å². The molecular weight excluding hydrogens is 288 g/mol. The summed E-state index contributed by atoms with van der Waals surface area (Å²) in [6, 6.07) is 10.6. The highest BCUT2D eigenvalue weighted by Crippen LogP contribution is 2.15. The molecule has 0 aliphatic carbocycles. The van der Waals surface area contributed by atoms with Gasteiger partial charge in [0.05, 0.1) is 5.69 Å². The van der Waals surface area contributed by atoms with Gasteiger partial charge in [-0.05, 0) is 31.9 Å². The molecular formula is C18H24N4O. The van der Waals surface area contributed by atoms with Gasteiger partial charge in [0.25, 0.3) is 5.91 Å². The topological polar surface area (TPSA) is 50.2 Å². The van der Waals surface area contributed by atoms with E-state index in [4.69, 9.17) is 0 Å². The quantitative estimate of drug-likeness (QED) is 0.940. The summed E-state index contributed by atoms with van der Waals surface area (Å²) in [4.78, 5) is 14.8. The van der Waals surface area contributed by atoms with Crippen LogP contribution in [0.25, 0.3) is 0 Å². The summed E-state index contributed by atoms with van der Waals surface area (Å²) in [5.74, 6) is -0.0319. The van der Waals surface area contributed by atoms with Gasteiger partial charge in [-0.1, -0.05) is 29.8 Å². The molecule has 23 heavy (non-hydrogen) atoms. The number of amides is 1. The lowest BCUT2D eigenvalue weighted by Crippen LogP contribution is -2.37. The van der Waals surface area contributed by atoms with E-state index < -0.39 is 0 Å². The number of aromatic nitrogens is 2. The maximum atomic E-state index is 12.4. The number of hydrogen-bond donors (Lipinski definition) is 1. The Morgan fingerprint density at radius 1 is 1.35 bits per heavy atom. The zero-order chi connectivity index (χ0) is 16.4. The van der Waals surface area contributed by atoms with Crippen molar-refractivity contribution in [3.05, 3.63) is 52.8 Å². The number of nitrogens with zero attached hydrogens (tertiary/aromatic N) is 3. The molecule has 1 unspecified atom stereocenters. The van der Waals surface area contributed by atoms with Gasteiger partial charge in [-0.2, -0.15) is 5.10 Å². The average Bonchev–Trinajstić information content (AvgIpc) is 3.05. The van der Waals surface area contributed by atoms with Gasteiger partial charge >= 0.3 is 0 Å². The molecule has 1 aliphatic rings. The summed E-state index contributed by atoms with van der Waals surface area (Å²) >= 11 is 0. The number of nitrogens with one attached hydrogen (secondary N) is 1. The second-order valence-corrected chi connectivity index (χ2v) is 6.48. The highest BCUT2D eigenvalue weighted by Gasteiger charge is 2.25. The number of likely N-dealkylation sites (tertiary alicyclic amines) is 1. The first kappa shape index (κ1) is 15.7. The molecule has 3 rings (SSSR count). The van der Waals surface area contributed by atoms with E-state index >= 15 is 0 Å². The summed E-state index contributed by atoms with van der Waals surface area (Å²) in [6.07, 6.45) is 0.994. The van der Waals surface area contributed by atoms with E-state index in [0.29, 0.717) is 5.69 Å². The predicted octanol–water partition coefficient (Wildman–Crippen LogP) is 2.04. The first-order chi connectivity index (χ1) is 11.0. The van der Waals surface area contributed by atoms with Crippen LogP contribution in [0.1, 0.15) is 33.7 Å². The van der Waals surface area contributed by atoms with E-state index in [9.17, 15) is 4.79 Å². The average molecular weight is 312 g/mol. The largest absolute Gasteiger partial charge is 0.347 e. The van der Waals surface area contributed by atoms with E-state index in [1.54, 1.807) is 11.7 Å². The van der Waals surface area contributed by atoms with Crippen LogP contribution in [0.4, 0.5) is 0 Å². The van der Waals surface area contributed by atoms with Crippen LogP contribution in [0.15, 0.2) is 30.3 Å². The molecule has 0 saturated carbocycles. The zero-order valence-electron chi connectivity index (χ0n) is 14.0. The SMILES string of the molecule is Cc1cccc(CN2CCC(NC(=O)c3cc(C)nn3C)C2)c1. The first-order valence-electron chi connectivity index (χ1n) is 8.10. The lowest BCUT2D eigenvalue weighted by atomic mass is 10.1. The van der Waals surface area contributed by atoms with Crippen LogP contribution in [-0.4, -0.2) is 39.7 Å². The van der Waals surface area contributed by atoms with Gasteiger partial charge in [-0.3, -0.25) is 14.4 Å². The van der Waals surface area contributed by atoms with Crippen molar-refractivity contribution in [3.63, 3.8) is 0 Å². The van der Waals surface area contributed by atoms with Crippen molar-refractivity contribution < 1.29 is 4.79 Å². The molecule has 1 aliphatic heterocycles. The fraction of sp³-hybridized carbons (Fsp3) is 0.444. The van der Waals surface area contributed by atoms with Crippen LogP contribution in [-0.2, 0) is 13.6 Å². The van der Waals surface area contributed by atoms with Crippen LogP contribution in [0, 0.1) is 13.8 Å². The Kier molecular flexibility index (Phi) is 4.48.